The van der Waals surface area contributed by atoms with E-state index in [1.165, 1.54) is 16.7 Å². The highest BCUT2D eigenvalue weighted by molar-refractivity contribution is 6.01. The van der Waals surface area contributed by atoms with E-state index in [1.807, 2.05) is 13.8 Å². The van der Waals surface area contributed by atoms with Crippen LogP contribution in [-0.4, -0.2) is 74.3 Å². The van der Waals surface area contributed by atoms with Gasteiger partial charge in [0.1, 0.15) is 0 Å². The largest absolute Gasteiger partial charge is 0.492 e. The van der Waals surface area contributed by atoms with Gasteiger partial charge in [0, 0.05) is 31.8 Å². The summed E-state index contributed by atoms with van der Waals surface area (Å²) in [5, 5.41) is 17.7. The van der Waals surface area contributed by atoms with Crippen LogP contribution in [0.15, 0.2) is 10.9 Å². The van der Waals surface area contributed by atoms with Gasteiger partial charge < -0.3 is 25.8 Å². The molecule has 182 valence electrons. The summed E-state index contributed by atoms with van der Waals surface area (Å²) < 4.78 is 7.50. The molecule has 12 nitrogen and oxygen atoms in total. The van der Waals surface area contributed by atoms with E-state index in [-0.39, 0.29) is 41.3 Å². The van der Waals surface area contributed by atoms with Crippen LogP contribution in [0.4, 0.5) is 0 Å². The monoisotopic (exact) mass is 472 g/mol. The van der Waals surface area contributed by atoms with Gasteiger partial charge in [0.25, 0.3) is 17.4 Å². The summed E-state index contributed by atoms with van der Waals surface area (Å²) in [5.41, 5.74) is 4.29. The number of amides is 3. The molecule has 34 heavy (non-hydrogen) atoms. The molecule has 2 aromatic heterocycles. The molecule has 0 spiro atoms. The Hall–Kier alpha value is -3.67. The molecule has 1 saturated carbocycles. The van der Waals surface area contributed by atoms with Gasteiger partial charge in [-0.25, -0.2) is 0 Å². The molecule has 1 saturated heterocycles. The van der Waals surface area contributed by atoms with Gasteiger partial charge in [-0.15, -0.1) is 0 Å². The maximum absolute atomic E-state index is 13.4. The normalized spacial score (nSPS) is 16.5. The van der Waals surface area contributed by atoms with Crippen LogP contribution in [-0.2, 0) is 16.1 Å². The molecule has 1 aliphatic carbocycles. The smallest absolute Gasteiger partial charge is 0.270 e. The predicted molar refractivity (Wildman–Crippen MR) is 121 cm³/mol. The molecule has 0 atom stereocenters. The van der Waals surface area contributed by atoms with E-state index in [0.29, 0.717) is 26.3 Å². The highest BCUT2D eigenvalue weighted by atomic mass is 16.5. The summed E-state index contributed by atoms with van der Waals surface area (Å²) in [5.74, 6) is -2.64. The number of nitrogens with zero attached hydrogens (tertiary/aromatic N) is 4. The number of nitrogens with two attached hydrogens (primary N) is 1. The summed E-state index contributed by atoms with van der Waals surface area (Å²) in [6.45, 7) is 5.64. The third-order valence-corrected chi connectivity index (χ3v) is 5.67. The summed E-state index contributed by atoms with van der Waals surface area (Å²) in [6, 6.07) is -0.0379. The van der Waals surface area contributed by atoms with Gasteiger partial charge in [-0.05, 0) is 24.8 Å². The van der Waals surface area contributed by atoms with Crippen LogP contribution in [0.1, 0.15) is 53.1 Å². The Labute approximate surface area is 195 Å². The van der Waals surface area contributed by atoms with Crippen molar-refractivity contribution in [2.75, 3.05) is 26.3 Å². The van der Waals surface area contributed by atoms with Gasteiger partial charge in [0.2, 0.25) is 11.8 Å². The Morgan fingerprint density at radius 3 is 2.53 bits per heavy atom. The minimum absolute atomic E-state index is 0.0240. The van der Waals surface area contributed by atoms with Crippen molar-refractivity contribution in [3.63, 3.8) is 0 Å². The molecule has 3 amide bonds. The van der Waals surface area contributed by atoms with Crippen LogP contribution >= 0.6 is 0 Å². The Morgan fingerprint density at radius 1 is 1.26 bits per heavy atom. The molecular weight excluding hydrogens is 444 g/mol. The van der Waals surface area contributed by atoms with E-state index in [0.717, 1.165) is 17.4 Å². The molecule has 3 heterocycles. The van der Waals surface area contributed by atoms with Crippen LogP contribution in [0.25, 0.3) is 11.7 Å². The minimum Gasteiger partial charge on any atom is -0.492 e. The van der Waals surface area contributed by atoms with Crippen LogP contribution < -0.4 is 16.6 Å². The summed E-state index contributed by atoms with van der Waals surface area (Å²) >= 11 is 0. The number of nitrogens with one attached hydrogen (secondary N) is 1. The van der Waals surface area contributed by atoms with E-state index < -0.39 is 28.8 Å². The molecule has 4 N–H and O–H groups in total. The number of ether oxygens (including phenoxy) is 1. The molecule has 0 radical (unpaired) electrons. The maximum Gasteiger partial charge on any atom is 0.270 e. The van der Waals surface area contributed by atoms with E-state index in [2.05, 4.69) is 10.4 Å². The number of carbonyl (C=O) groups is 3. The van der Waals surface area contributed by atoms with E-state index in [4.69, 9.17) is 10.5 Å². The van der Waals surface area contributed by atoms with Crippen molar-refractivity contribution < 1.29 is 24.2 Å². The quantitative estimate of drug-likeness (QED) is 0.467. The fraction of sp³-hybridized carbons (Fsp3) is 0.500. The number of morpholine rings is 1. The number of hydrogen-bond acceptors (Lipinski definition) is 7. The van der Waals surface area contributed by atoms with E-state index >= 15 is 0 Å². The number of aromatic hydroxyl groups is 1. The first-order valence-electron chi connectivity index (χ1n) is 11.2. The average molecular weight is 473 g/mol. The second kappa shape index (κ2) is 9.29. The minimum atomic E-state index is -0.908. The lowest BCUT2D eigenvalue weighted by molar-refractivity contribution is -0.129. The standard InChI is InChI=1S/C22H28N6O6/c1-12(2)11-27-20-14(5-6-15(29)26-7-9-34-10-8-26)17(18(23)30)25-28(20)22(33)16(21(27)32)19(31)24-13-3-4-13/h5-6,12-13,33H,3-4,7-11H2,1-2H3,(H2,23,30)(H,24,31)/b6-5+. The Kier molecular flexibility index (Phi) is 6.42. The van der Waals surface area contributed by atoms with Crippen LogP contribution in [0.5, 0.6) is 5.88 Å². The van der Waals surface area contributed by atoms with E-state index in [1.54, 1.807) is 4.90 Å². The Bertz CT molecular complexity index is 1230. The van der Waals surface area contributed by atoms with Gasteiger partial charge in [-0.3, -0.25) is 23.7 Å². The summed E-state index contributed by atoms with van der Waals surface area (Å²) in [6.07, 6.45) is 4.23. The average Bonchev–Trinajstić information content (AvgIpc) is 3.52. The maximum atomic E-state index is 13.4. The summed E-state index contributed by atoms with van der Waals surface area (Å²) in [7, 11) is 0. The second-order valence-corrected chi connectivity index (χ2v) is 8.89. The van der Waals surface area contributed by atoms with Gasteiger partial charge in [-0.2, -0.15) is 9.61 Å². The SMILES string of the molecule is CC(C)Cn1c(=O)c(C(=O)NC2CC2)c(O)n2nc(C(N)=O)c(/C=C/C(=O)N3CCOCC3)c12. The number of primary amides is 1. The van der Waals surface area contributed by atoms with Gasteiger partial charge in [-0.1, -0.05) is 13.8 Å². The van der Waals surface area contributed by atoms with Crippen LogP contribution in [0, 0.1) is 5.92 Å². The molecular formula is C22H28N6O6. The Morgan fingerprint density at radius 2 is 1.94 bits per heavy atom. The van der Waals surface area contributed by atoms with Crippen molar-refractivity contribution in [2.45, 2.75) is 39.3 Å². The van der Waals surface area contributed by atoms with Gasteiger partial charge in [0.15, 0.2) is 16.9 Å². The molecule has 0 unspecified atom stereocenters. The molecule has 2 fully saturated rings. The number of rotatable bonds is 7. The highest BCUT2D eigenvalue weighted by Crippen LogP contribution is 2.25. The fourth-order valence-electron chi connectivity index (χ4n) is 3.86. The van der Waals surface area contributed by atoms with Crippen molar-refractivity contribution >= 4 is 29.4 Å². The molecule has 2 aliphatic rings. The lowest BCUT2D eigenvalue weighted by Crippen LogP contribution is -2.39. The molecule has 0 bridgehead atoms. The molecule has 12 heteroatoms. The Balaban J connectivity index is 1.88. The van der Waals surface area contributed by atoms with E-state index in [9.17, 15) is 24.3 Å². The van der Waals surface area contributed by atoms with Crippen molar-refractivity contribution in [3.8, 4) is 5.88 Å². The second-order valence-electron chi connectivity index (χ2n) is 8.89. The van der Waals surface area contributed by atoms with Crippen molar-refractivity contribution in [1.29, 1.82) is 0 Å². The molecule has 2 aromatic rings. The zero-order valence-corrected chi connectivity index (χ0v) is 19.1. The van der Waals surface area contributed by atoms with Crippen LogP contribution in [0.2, 0.25) is 0 Å². The van der Waals surface area contributed by atoms with Crippen molar-refractivity contribution in [2.24, 2.45) is 11.7 Å². The number of fused-ring (bicyclic) bond motifs is 1. The first-order valence-corrected chi connectivity index (χ1v) is 11.2. The topological polar surface area (TPSA) is 161 Å². The molecule has 0 aromatic carbocycles. The molecule has 1 aliphatic heterocycles. The third kappa shape index (κ3) is 4.53. The summed E-state index contributed by atoms with van der Waals surface area (Å²) in [4.78, 5) is 52.5. The lowest BCUT2D eigenvalue weighted by Gasteiger charge is -2.25. The first-order chi connectivity index (χ1) is 16.2. The van der Waals surface area contributed by atoms with Crippen molar-refractivity contribution in [3.05, 3.63) is 33.3 Å². The number of hydrogen-bond donors (Lipinski definition) is 3. The fourth-order valence-corrected chi connectivity index (χ4v) is 3.86. The van der Waals surface area contributed by atoms with Crippen LogP contribution in [0.3, 0.4) is 0 Å². The van der Waals surface area contributed by atoms with Crippen molar-refractivity contribution in [1.82, 2.24) is 24.4 Å². The lowest BCUT2D eigenvalue weighted by atomic mass is 10.1. The zero-order valence-electron chi connectivity index (χ0n) is 19.1. The van der Waals surface area contributed by atoms with Gasteiger partial charge >= 0.3 is 0 Å². The molecule has 4 rings (SSSR count). The number of aromatic nitrogens is 3. The predicted octanol–water partition coefficient (Wildman–Crippen LogP) is -0.279. The highest BCUT2D eigenvalue weighted by Gasteiger charge is 2.31. The zero-order chi connectivity index (χ0) is 24.6. The third-order valence-electron chi connectivity index (χ3n) is 5.67. The van der Waals surface area contributed by atoms with Gasteiger partial charge in [0.05, 0.1) is 18.8 Å². The first kappa shape index (κ1) is 23.5. The number of carbonyl (C=O) groups excluding carboxylic acids is 3.